The minimum Gasteiger partial charge on any atom is -0.480 e. The normalized spacial score (nSPS) is 24.6. The summed E-state index contributed by atoms with van der Waals surface area (Å²) >= 11 is 0. The Morgan fingerprint density at radius 2 is 2.00 bits per heavy atom. The third kappa shape index (κ3) is 4.69. The van der Waals surface area contributed by atoms with Gasteiger partial charge in [-0.25, -0.2) is 9.59 Å². The van der Waals surface area contributed by atoms with Gasteiger partial charge in [-0.05, 0) is 38.0 Å². The molecule has 0 saturated carbocycles. The van der Waals surface area contributed by atoms with Crippen molar-refractivity contribution in [3.05, 3.63) is 0 Å². The highest BCUT2D eigenvalue weighted by Gasteiger charge is 2.35. The molecule has 0 bridgehead atoms. The highest BCUT2D eigenvalue weighted by Crippen LogP contribution is 2.25. The second-order valence-corrected chi connectivity index (χ2v) is 6.33. The first kappa shape index (κ1) is 16.8. The van der Waals surface area contributed by atoms with Crippen LogP contribution in [0, 0.1) is 11.8 Å². The fourth-order valence-electron chi connectivity index (χ4n) is 2.95. The summed E-state index contributed by atoms with van der Waals surface area (Å²) in [6.07, 6.45) is 3.34. The zero-order valence-electron chi connectivity index (χ0n) is 13.1. The molecule has 0 radical (unpaired) electrons. The number of carbonyl (C=O) groups excluding carboxylic acids is 1. The topological polar surface area (TPSA) is 69.6 Å². The summed E-state index contributed by atoms with van der Waals surface area (Å²) < 4.78 is 0. The molecule has 0 aliphatic carbocycles. The lowest BCUT2D eigenvalue weighted by Gasteiger charge is -2.37. The number of hydrogen-bond donors (Lipinski definition) is 2. The maximum atomic E-state index is 12.3. The second kappa shape index (κ2) is 7.50. The Morgan fingerprint density at radius 3 is 2.50 bits per heavy atom. The number of carboxylic acid groups (broad SMARTS) is 1. The van der Waals surface area contributed by atoms with Crippen LogP contribution >= 0.6 is 0 Å². The molecular weight excluding hydrogens is 256 g/mol. The van der Waals surface area contributed by atoms with Crippen LogP contribution < -0.4 is 5.32 Å². The molecule has 1 aliphatic rings. The predicted octanol–water partition coefficient (Wildman–Crippen LogP) is 2.71. The molecule has 20 heavy (non-hydrogen) atoms. The predicted molar refractivity (Wildman–Crippen MR) is 78.6 cm³/mol. The molecular formula is C15H28N2O3. The maximum absolute atomic E-state index is 12.3. The second-order valence-electron chi connectivity index (χ2n) is 6.33. The Hall–Kier alpha value is -1.26. The van der Waals surface area contributed by atoms with Gasteiger partial charge in [0.1, 0.15) is 6.04 Å². The number of urea groups is 1. The van der Waals surface area contributed by atoms with Gasteiger partial charge in [0, 0.05) is 12.6 Å². The van der Waals surface area contributed by atoms with E-state index in [2.05, 4.69) is 26.1 Å². The zero-order chi connectivity index (χ0) is 15.3. The highest BCUT2D eigenvalue weighted by molar-refractivity contribution is 5.83. The molecule has 1 aliphatic heterocycles. The van der Waals surface area contributed by atoms with Crippen molar-refractivity contribution in [2.75, 3.05) is 6.54 Å². The molecule has 1 saturated heterocycles. The van der Waals surface area contributed by atoms with Gasteiger partial charge in [-0.2, -0.15) is 0 Å². The number of rotatable bonds is 5. The number of carbonyl (C=O) groups is 2. The SMILES string of the molecule is CCC1CCN(C(=O)NC(C)CC(C)C)C(C(=O)O)C1. The number of carboxylic acids is 1. The van der Waals surface area contributed by atoms with Crippen molar-refractivity contribution in [3.8, 4) is 0 Å². The molecule has 3 atom stereocenters. The van der Waals surface area contributed by atoms with Gasteiger partial charge in [0.05, 0.1) is 0 Å². The molecule has 0 aromatic carbocycles. The van der Waals surface area contributed by atoms with Crippen molar-refractivity contribution < 1.29 is 14.7 Å². The molecule has 0 aromatic heterocycles. The lowest BCUT2D eigenvalue weighted by molar-refractivity contribution is -0.144. The van der Waals surface area contributed by atoms with E-state index in [1.165, 1.54) is 4.90 Å². The third-order valence-corrected chi connectivity index (χ3v) is 4.03. The van der Waals surface area contributed by atoms with E-state index in [0.717, 1.165) is 19.3 Å². The molecule has 2 N–H and O–H groups in total. The lowest BCUT2D eigenvalue weighted by Crippen LogP contribution is -2.55. The fourth-order valence-corrected chi connectivity index (χ4v) is 2.95. The van der Waals surface area contributed by atoms with Crippen molar-refractivity contribution in [3.63, 3.8) is 0 Å². The van der Waals surface area contributed by atoms with E-state index < -0.39 is 12.0 Å². The Morgan fingerprint density at radius 1 is 1.35 bits per heavy atom. The first-order valence-corrected chi connectivity index (χ1v) is 7.65. The molecule has 3 unspecified atom stereocenters. The van der Waals surface area contributed by atoms with Gasteiger partial charge in [-0.3, -0.25) is 0 Å². The highest BCUT2D eigenvalue weighted by atomic mass is 16.4. The average Bonchev–Trinajstić information content (AvgIpc) is 2.36. The van der Waals surface area contributed by atoms with Crippen molar-refractivity contribution in [1.82, 2.24) is 10.2 Å². The summed E-state index contributed by atoms with van der Waals surface area (Å²) in [6.45, 7) is 8.79. The van der Waals surface area contributed by atoms with Gasteiger partial charge in [-0.1, -0.05) is 27.2 Å². The monoisotopic (exact) mass is 284 g/mol. The van der Waals surface area contributed by atoms with E-state index in [1.54, 1.807) is 0 Å². The molecule has 1 fully saturated rings. The Kier molecular flexibility index (Phi) is 6.30. The van der Waals surface area contributed by atoms with Gasteiger partial charge in [0.25, 0.3) is 0 Å². The zero-order valence-corrected chi connectivity index (χ0v) is 13.1. The summed E-state index contributed by atoms with van der Waals surface area (Å²) in [5, 5.41) is 12.3. The quantitative estimate of drug-likeness (QED) is 0.815. The van der Waals surface area contributed by atoms with Gasteiger partial charge < -0.3 is 15.3 Å². The number of likely N-dealkylation sites (tertiary alicyclic amines) is 1. The lowest BCUT2D eigenvalue weighted by atomic mass is 9.89. The summed E-state index contributed by atoms with van der Waals surface area (Å²) in [4.78, 5) is 25.1. The van der Waals surface area contributed by atoms with Crippen LogP contribution in [0.5, 0.6) is 0 Å². The van der Waals surface area contributed by atoms with Crippen LogP contribution in [0.3, 0.4) is 0 Å². The Labute approximate surface area is 121 Å². The van der Waals surface area contributed by atoms with Crippen LogP contribution in [0.15, 0.2) is 0 Å². The standard InChI is InChI=1S/C15H28N2O3/c1-5-12-6-7-17(13(9-12)14(18)19)15(20)16-11(4)8-10(2)3/h10-13H,5-9H2,1-4H3,(H,16,20)(H,18,19). The Bertz CT molecular complexity index is 344. The molecule has 116 valence electrons. The number of amides is 2. The molecule has 5 nitrogen and oxygen atoms in total. The number of aliphatic carboxylic acids is 1. The van der Waals surface area contributed by atoms with E-state index >= 15 is 0 Å². The molecule has 0 spiro atoms. The molecule has 5 heteroatoms. The third-order valence-electron chi connectivity index (χ3n) is 4.03. The van der Waals surface area contributed by atoms with E-state index in [-0.39, 0.29) is 12.1 Å². The van der Waals surface area contributed by atoms with Gasteiger partial charge in [-0.15, -0.1) is 0 Å². The van der Waals surface area contributed by atoms with E-state index in [1.807, 2.05) is 6.92 Å². The van der Waals surface area contributed by atoms with Crippen molar-refractivity contribution in [2.45, 2.75) is 65.5 Å². The average molecular weight is 284 g/mol. The van der Waals surface area contributed by atoms with Crippen molar-refractivity contribution >= 4 is 12.0 Å². The van der Waals surface area contributed by atoms with Crippen LogP contribution in [0.25, 0.3) is 0 Å². The summed E-state index contributed by atoms with van der Waals surface area (Å²) in [6, 6.07) is -0.846. The molecule has 0 aromatic rings. The molecule has 1 heterocycles. The minimum absolute atomic E-state index is 0.0702. The van der Waals surface area contributed by atoms with Gasteiger partial charge in [0.15, 0.2) is 0 Å². The van der Waals surface area contributed by atoms with Gasteiger partial charge >= 0.3 is 12.0 Å². The van der Waals surface area contributed by atoms with Gasteiger partial charge in [0.2, 0.25) is 0 Å². The van der Waals surface area contributed by atoms with E-state index in [4.69, 9.17) is 0 Å². The summed E-state index contributed by atoms with van der Waals surface area (Å²) in [5.74, 6) is 0.0226. The van der Waals surface area contributed by atoms with Crippen LogP contribution in [0.2, 0.25) is 0 Å². The first-order chi connectivity index (χ1) is 9.35. The Balaban J connectivity index is 2.63. The maximum Gasteiger partial charge on any atom is 0.326 e. The number of nitrogens with one attached hydrogen (secondary N) is 1. The van der Waals surface area contributed by atoms with E-state index in [0.29, 0.717) is 24.8 Å². The smallest absolute Gasteiger partial charge is 0.326 e. The molecule has 2 amide bonds. The fraction of sp³-hybridized carbons (Fsp3) is 0.867. The first-order valence-electron chi connectivity index (χ1n) is 7.65. The van der Waals surface area contributed by atoms with Crippen molar-refractivity contribution in [2.24, 2.45) is 11.8 Å². The van der Waals surface area contributed by atoms with Crippen LogP contribution in [0.4, 0.5) is 4.79 Å². The summed E-state index contributed by atoms with van der Waals surface area (Å²) in [5.41, 5.74) is 0. The minimum atomic E-state index is -0.894. The van der Waals surface area contributed by atoms with E-state index in [9.17, 15) is 14.7 Å². The van der Waals surface area contributed by atoms with Crippen LogP contribution in [0.1, 0.15) is 53.4 Å². The number of nitrogens with zero attached hydrogens (tertiary/aromatic N) is 1. The molecule has 1 rings (SSSR count). The largest absolute Gasteiger partial charge is 0.480 e. The van der Waals surface area contributed by atoms with Crippen molar-refractivity contribution in [1.29, 1.82) is 0 Å². The summed E-state index contributed by atoms with van der Waals surface area (Å²) in [7, 11) is 0. The van der Waals surface area contributed by atoms with Crippen LogP contribution in [-0.4, -0.2) is 40.6 Å². The number of piperidine rings is 1. The number of hydrogen-bond acceptors (Lipinski definition) is 2. The van der Waals surface area contributed by atoms with Crippen LogP contribution in [-0.2, 0) is 4.79 Å².